The maximum absolute atomic E-state index is 12.8. The first-order valence-corrected chi connectivity index (χ1v) is 26.5. The molecule has 63 heavy (non-hydrogen) atoms. The zero-order valence-corrected chi connectivity index (χ0v) is 42.0. The van der Waals surface area contributed by atoms with E-state index in [4.69, 9.17) is 14.2 Å². The summed E-state index contributed by atoms with van der Waals surface area (Å²) in [5.41, 5.74) is 0. The summed E-state index contributed by atoms with van der Waals surface area (Å²) in [6, 6.07) is -0.730. The van der Waals surface area contributed by atoms with Crippen LogP contribution in [0.2, 0.25) is 0 Å². The molecule has 0 spiro atoms. The molecule has 0 saturated carbocycles. The number of hydrogen-bond acceptors (Lipinski definition) is 7. The lowest BCUT2D eigenvalue weighted by Crippen LogP contribution is -2.55. The van der Waals surface area contributed by atoms with Gasteiger partial charge in [0, 0.05) is 19.3 Å². The number of likely N-dealkylation sites (N-methyl/N-ethyl adjacent to an activating group) is 1. The van der Waals surface area contributed by atoms with Crippen LogP contribution in [0.25, 0.3) is 0 Å². The summed E-state index contributed by atoms with van der Waals surface area (Å²) in [6.07, 6.45) is 54.7. The molecule has 0 aliphatic carbocycles. The minimum Gasteiger partial charge on any atom is -0.544 e. The van der Waals surface area contributed by atoms with Crippen LogP contribution in [0.4, 0.5) is 0 Å². The van der Waals surface area contributed by atoms with Gasteiger partial charge in [0.25, 0.3) is 0 Å². The minimum absolute atomic E-state index is 0.0321. The Labute approximate surface area is 389 Å². The molecular weight excluding hydrogens is 787 g/mol. The quantitative estimate of drug-likeness (QED) is 0.0197. The van der Waals surface area contributed by atoms with Crippen molar-refractivity contribution in [3.8, 4) is 0 Å². The Kier molecular flexibility index (Phi) is 44.3. The van der Waals surface area contributed by atoms with E-state index in [1.54, 1.807) is 21.1 Å². The zero-order valence-electron chi connectivity index (χ0n) is 42.0. The second-order valence-electron chi connectivity index (χ2n) is 19.1. The molecule has 368 valence electrons. The van der Waals surface area contributed by atoms with Crippen LogP contribution in [0.3, 0.4) is 0 Å². The highest BCUT2D eigenvalue weighted by atomic mass is 16.6. The Balaban J connectivity index is 4.24. The van der Waals surface area contributed by atoms with Gasteiger partial charge in [-0.3, -0.25) is 9.59 Å². The number of quaternary nitrogens is 1. The molecule has 0 saturated heterocycles. The summed E-state index contributed by atoms with van der Waals surface area (Å²) in [4.78, 5) is 37.0. The SMILES string of the molecule is CCCCCCCCC/C=C/C=C/CCCCCC(=O)OCC(COCCC(C(=O)[O-])[N+](C)(C)C)OC(=O)CCCCCCCCC/C=C/CCCCCCCCCCCCCC. The fourth-order valence-electron chi connectivity index (χ4n) is 7.88. The van der Waals surface area contributed by atoms with Crippen LogP contribution in [0.1, 0.15) is 245 Å². The Morgan fingerprint density at radius 2 is 0.841 bits per heavy atom. The number of carboxylic acid groups (broad SMARTS) is 1. The number of hydrogen-bond donors (Lipinski definition) is 0. The van der Waals surface area contributed by atoms with Crippen LogP contribution in [-0.2, 0) is 28.6 Å². The molecule has 0 fully saturated rings. The lowest BCUT2D eigenvalue weighted by atomic mass is 10.0. The van der Waals surface area contributed by atoms with Gasteiger partial charge in [0.2, 0.25) is 0 Å². The van der Waals surface area contributed by atoms with Crippen molar-refractivity contribution < 1.29 is 38.2 Å². The first kappa shape index (κ1) is 60.5. The number of unbranched alkanes of at least 4 members (excludes halogenated alkanes) is 29. The van der Waals surface area contributed by atoms with Crippen LogP contribution in [-0.4, -0.2) is 75.5 Å². The summed E-state index contributed by atoms with van der Waals surface area (Å²) in [7, 11) is 5.41. The van der Waals surface area contributed by atoms with Crippen molar-refractivity contribution in [2.45, 2.75) is 257 Å². The van der Waals surface area contributed by atoms with Gasteiger partial charge in [0.15, 0.2) is 6.10 Å². The first-order valence-electron chi connectivity index (χ1n) is 26.5. The van der Waals surface area contributed by atoms with Crippen molar-refractivity contribution in [2.75, 3.05) is 41.0 Å². The number of esters is 2. The van der Waals surface area contributed by atoms with Gasteiger partial charge < -0.3 is 28.6 Å². The molecule has 0 aliphatic heterocycles. The molecule has 0 aromatic heterocycles. The minimum atomic E-state index is -1.13. The number of rotatable bonds is 48. The maximum atomic E-state index is 12.8. The topological polar surface area (TPSA) is 102 Å². The third-order valence-electron chi connectivity index (χ3n) is 12.0. The first-order chi connectivity index (χ1) is 30.6. The Hall–Kier alpha value is -2.45. The van der Waals surface area contributed by atoms with E-state index >= 15 is 0 Å². The number of carboxylic acids is 1. The summed E-state index contributed by atoms with van der Waals surface area (Å²) < 4.78 is 17.2. The second-order valence-corrected chi connectivity index (χ2v) is 19.1. The van der Waals surface area contributed by atoms with E-state index in [0.717, 1.165) is 51.4 Å². The lowest BCUT2D eigenvalue weighted by molar-refractivity contribution is -0.889. The number of carbonyl (C=O) groups excluding carboxylic acids is 3. The molecule has 0 radical (unpaired) electrons. The maximum Gasteiger partial charge on any atom is 0.306 e. The molecule has 0 aromatic rings. The van der Waals surface area contributed by atoms with Gasteiger partial charge in [-0.05, 0) is 64.2 Å². The predicted octanol–water partition coefficient (Wildman–Crippen LogP) is 14.0. The molecule has 2 atom stereocenters. The monoisotopic (exact) mass is 888 g/mol. The highest BCUT2D eigenvalue weighted by molar-refractivity contribution is 5.70. The molecule has 0 bridgehead atoms. The van der Waals surface area contributed by atoms with E-state index in [0.29, 0.717) is 12.8 Å². The average molecular weight is 888 g/mol. The van der Waals surface area contributed by atoms with Crippen LogP contribution in [0.15, 0.2) is 36.5 Å². The Morgan fingerprint density at radius 3 is 1.25 bits per heavy atom. The van der Waals surface area contributed by atoms with Crippen molar-refractivity contribution in [2.24, 2.45) is 0 Å². The van der Waals surface area contributed by atoms with Crippen LogP contribution in [0.5, 0.6) is 0 Å². The third-order valence-corrected chi connectivity index (χ3v) is 12.0. The third kappa shape index (κ3) is 44.5. The Bertz CT molecular complexity index is 1130. The molecular formula is C55H101NO7. The van der Waals surface area contributed by atoms with Crippen LogP contribution in [0, 0.1) is 0 Å². The summed E-state index contributed by atoms with van der Waals surface area (Å²) in [6.45, 7) is 4.66. The standard InChI is InChI=1S/C55H101NO7/c1-6-8-10-12-14-16-18-20-22-24-25-26-27-28-29-30-32-34-36-38-40-42-44-46-54(58)63-51(49-61-48-47-52(55(59)60)56(3,4)5)50-62-53(57)45-43-41-39-37-35-33-31-23-21-19-17-15-13-11-9-7-2/h23,28-29,31,33,35,51-52H,6-22,24-27,30,32,34,36-50H2,1-5H3/b29-28+,31-23+,35-33+. The largest absolute Gasteiger partial charge is 0.544 e. The molecule has 0 N–H and O–H groups in total. The van der Waals surface area contributed by atoms with Crippen molar-refractivity contribution in [3.63, 3.8) is 0 Å². The van der Waals surface area contributed by atoms with Gasteiger partial charge >= 0.3 is 11.9 Å². The molecule has 0 heterocycles. The van der Waals surface area contributed by atoms with Crippen molar-refractivity contribution >= 4 is 17.9 Å². The fourth-order valence-corrected chi connectivity index (χ4v) is 7.88. The second kappa shape index (κ2) is 46.1. The van der Waals surface area contributed by atoms with Crippen molar-refractivity contribution in [3.05, 3.63) is 36.5 Å². The summed E-state index contributed by atoms with van der Waals surface area (Å²) in [5, 5.41) is 11.7. The van der Waals surface area contributed by atoms with E-state index < -0.39 is 18.1 Å². The van der Waals surface area contributed by atoms with Gasteiger partial charge in [-0.1, -0.05) is 198 Å². The van der Waals surface area contributed by atoms with Gasteiger partial charge in [-0.2, -0.15) is 0 Å². The normalized spacial score (nSPS) is 13.1. The molecule has 0 aromatic carbocycles. The lowest BCUT2D eigenvalue weighted by Gasteiger charge is -2.34. The summed E-state index contributed by atoms with van der Waals surface area (Å²) >= 11 is 0. The number of nitrogens with zero attached hydrogens (tertiary/aromatic N) is 1. The van der Waals surface area contributed by atoms with Crippen LogP contribution < -0.4 is 5.11 Å². The molecule has 8 heteroatoms. The Morgan fingerprint density at radius 1 is 0.476 bits per heavy atom. The molecule has 0 amide bonds. The van der Waals surface area contributed by atoms with Crippen molar-refractivity contribution in [1.29, 1.82) is 0 Å². The molecule has 2 unspecified atom stereocenters. The van der Waals surface area contributed by atoms with E-state index in [9.17, 15) is 19.5 Å². The van der Waals surface area contributed by atoms with Gasteiger partial charge in [-0.25, -0.2) is 0 Å². The van der Waals surface area contributed by atoms with Crippen molar-refractivity contribution in [1.82, 2.24) is 0 Å². The smallest absolute Gasteiger partial charge is 0.306 e. The van der Waals surface area contributed by atoms with E-state index in [2.05, 4.69) is 50.3 Å². The average Bonchev–Trinajstić information content (AvgIpc) is 3.24. The van der Waals surface area contributed by atoms with Gasteiger partial charge in [0.1, 0.15) is 12.6 Å². The molecule has 8 nitrogen and oxygen atoms in total. The number of aliphatic carboxylic acids is 1. The van der Waals surface area contributed by atoms with Gasteiger partial charge in [0.05, 0.1) is 40.3 Å². The number of ether oxygens (including phenoxy) is 3. The van der Waals surface area contributed by atoms with E-state index in [-0.39, 0.29) is 42.7 Å². The number of carbonyl (C=O) groups is 3. The predicted molar refractivity (Wildman–Crippen MR) is 263 cm³/mol. The summed E-state index contributed by atoms with van der Waals surface area (Å²) in [5.74, 6) is -1.76. The van der Waals surface area contributed by atoms with Crippen LogP contribution >= 0.6 is 0 Å². The van der Waals surface area contributed by atoms with Gasteiger partial charge in [-0.15, -0.1) is 0 Å². The fraction of sp³-hybridized carbons (Fsp3) is 0.836. The van der Waals surface area contributed by atoms with E-state index in [1.807, 2.05) is 0 Å². The molecule has 0 rings (SSSR count). The highest BCUT2D eigenvalue weighted by Crippen LogP contribution is 2.15. The van der Waals surface area contributed by atoms with E-state index in [1.165, 1.54) is 161 Å². The molecule has 0 aliphatic rings. The number of allylic oxidation sites excluding steroid dienone is 6. The highest BCUT2D eigenvalue weighted by Gasteiger charge is 2.25. The zero-order chi connectivity index (χ0) is 46.3.